The number of hydrogen-bond acceptors (Lipinski definition) is 4. The van der Waals surface area contributed by atoms with E-state index in [4.69, 9.17) is 9.47 Å². The molecule has 4 heterocycles. The maximum absolute atomic E-state index is 13.0. The van der Waals surface area contributed by atoms with Gasteiger partial charge in [0, 0.05) is 43.4 Å². The third-order valence-electron chi connectivity index (χ3n) is 6.84. The number of H-pyrrole nitrogens is 1. The smallest absolute Gasteiger partial charge is 0.270 e. The van der Waals surface area contributed by atoms with E-state index in [1.54, 1.807) is 6.20 Å². The predicted octanol–water partition coefficient (Wildman–Crippen LogP) is 4.18. The molecule has 1 spiro atoms. The number of aromatic nitrogens is 2. The molecule has 0 saturated carbocycles. The van der Waals surface area contributed by atoms with Gasteiger partial charge in [0.25, 0.3) is 5.91 Å². The van der Waals surface area contributed by atoms with E-state index < -0.39 is 0 Å². The van der Waals surface area contributed by atoms with E-state index in [1.807, 2.05) is 53.4 Å². The molecule has 1 atom stereocenters. The summed E-state index contributed by atoms with van der Waals surface area (Å²) in [5.74, 6) is 0.570. The summed E-state index contributed by atoms with van der Waals surface area (Å²) in [4.78, 5) is 22.6. The van der Waals surface area contributed by atoms with Crippen LogP contribution in [-0.4, -0.2) is 52.7 Å². The molecule has 2 aliphatic rings. The molecular formula is C25H29N3O3. The number of pyridine rings is 1. The van der Waals surface area contributed by atoms with Crippen molar-refractivity contribution < 1.29 is 14.3 Å². The fourth-order valence-electron chi connectivity index (χ4n) is 5.08. The fourth-order valence-corrected chi connectivity index (χ4v) is 5.08. The number of carbonyl (C=O) groups is 1. The molecule has 3 aromatic rings. The van der Waals surface area contributed by atoms with Crippen LogP contribution in [0.5, 0.6) is 0 Å². The van der Waals surface area contributed by atoms with Crippen LogP contribution in [0.15, 0.2) is 54.7 Å². The minimum absolute atomic E-state index is 0.0827. The number of para-hydroxylation sites is 1. The van der Waals surface area contributed by atoms with E-state index in [1.165, 1.54) is 0 Å². The molecule has 2 aliphatic heterocycles. The third kappa shape index (κ3) is 4.23. The minimum Gasteiger partial charge on any atom is -0.375 e. The SMILES string of the molecule is O=C(c1cc2ccccc2[nH]1)N1CCC2(CC1)OCC[C@H]2CCOCc1ccccn1. The van der Waals surface area contributed by atoms with Gasteiger partial charge in [0.1, 0.15) is 5.69 Å². The Morgan fingerprint density at radius 1 is 1.19 bits per heavy atom. The molecule has 6 nitrogen and oxygen atoms in total. The number of nitrogens with one attached hydrogen (secondary N) is 1. The van der Waals surface area contributed by atoms with Crippen molar-refractivity contribution in [3.63, 3.8) is 0 Å². The van der Waals surface area contributed by atoms with Crippen LogP contribution >= 0.6 is 0 Å². The maximum Gasteiger partial charge on any atom is 0.270 e. The van der Waals surface area contributed by atoms with Crippen molar-refractivity contribution in [2.75, 3.05) is 26.3 Å². The number of hydrogen-bond donors (Lipinski definition) is 1. The second-order valence-corrected chi connectivity index (χ2v) is 8.62. The quantitative estimate of drug-likeness (QED) is 0.609. The molecule has 31 heavy (non-hydrogen) atoms. The first-order valence-corrected chi connectivity index (χ1v) is 11.2. The summed E-state index contributed by atoms with van der Waals surface area (Å²) >= 11 is 0. The molecule has 6 heteroatoms. The molecule has 162 valence electrons. The summed E-state index contributed by atoms with van der Waals surface area (Å²) in [7, 11) is 0. The average Bonchev–Trinajstić information content (AvgIpc) is 3.42. The third-order valence-corrected chi connectivity index (χ3v) is 6.84. The Hall–Kier alpha value is -2.70. The molecule has 2 fully saturated rings. The highest BCUT2D eigenvalue weighted by Gasteiger charge is 2.46. The number of benzene rings is 1. The van der Waals surface area contributed by atoms with Crippen LogP contribution in [0.3, 0.4) is 0 Å². The largest absolute Gasteiger partial charge is 0.375 e. The lowest BCUT2D eigenvalue weighted by atomic mass is 9.78. The first kappa shape index (κ1) is 20.2. The van der Waals surface area contributed by atoms with Gasteiger partial charge >= 0.3 is 0 Å². The van der Waals surface area contributed by atoms with Crippen molar-refractivity contribution in [2.45, 2.75) is 37.9 Å². The van der Waals surface area contributed by atoms with Gasteiger partial charge in [-0.05, 0) is 55.9 Å². The second-order valence-electron chi connectivity index (χ2n) is 8.62. The van der Waals surface area contributed by atoms with Crippen LogP contribution in [0.25, 0.3) is 10.9 Å². The first-order valence-electron chi connectivity index (χ1n) is 11.2. The molecule has 0 radical (unpaired) electrons. The highest BCUT2D eigenvalue weighted by molar-refractivity contribution is 5.98. The Morgan fingerprint density at radius 3 is 2.84 bits per heavy atom. The number of nitrogens with zero attached hydrogens (tertiary/aromatic N) is 2. The molecule has 1 amide bonds. The topological polar surface area (TPSA) is 67.5 Å². The number of piperidine rings is 1. The van der Waals surface area contributed by atoms with Gasteiger partial charge in [-0.1, -0.05) is 24.3 Å². The van der Waals surface area contributed by atoms with Gasteiger partial charge in [0.2, 0.25) is 0 Å². The summed E-state index contributed by atoms with van der Waals surface area (Å²) in [6, 6.07) is 15.8. The van der Waals surface area contributed by atoms with Crippen molar-refractivity contribution in [3.05, 3.63) is 66.1 Å². The molecule has 1 aromatic carbocycles. The average molecular weight is 420 g/mol. The number of rotatable bonds is 6. The first-order chi connectivity index (χ1) is 15.2. The van der Waals surface area contributed by atoms with E-state index in [0.717, 1.165) is 62.0 Å². The van der Waals surface area contributed by atoms with Gasteiger partial charge in [-0.25, -0.2) is 0 Å². The van der Waals surface area contributed by atoms with E-state index in [2.05, 4.69) is 9.97 Å². The lowest BCUT2D eigenvalue weighted by Crippen LogP contribution is -2.49. The summed E-state index contributed by atoms with van der Waals surface area (Å²) in [6.07, 6.45) is 5.64. The highest BCUT2D eigenvalue weighted by atomic mass is 16.5. The second kappa shape index (κ2) is 8.81. The van der Waals surface area contributed by atoms with Crippen LogP contribution in [0, 0.1) is 5.92 Å². The van der Waals surface area contributed by atoms with Crippen LogP contribution < -0.4 is 0 Å². The van der Waals surface area contributed by atoms with Gasteiger partial charge in [-0.15, -0.1) is 0 Å². The number of fused-ring (bicyclic) bond motifs is 1. The van der Waals surface area contributed by atoms with Gasteiger partial charge in [0.05, 0.1) is 17.9 Å². The number of carbonyl (C=O) groups excluding carboxylic acids is 1. The molecule has 0 aliphatic carbocycles. The van der Waals surface area contributed by atoms with Crippen molar-refractivity contribution >= 4 is 16.8 Å². The standard InChI is InChI=1S/C25H29N3O3/c29-24(23-17-19-5-1-2-7-22(19)27-23)28-13-10-25(11-14-28)20(9-16-31-25)8-15-30-18-21-6-3-4-12-26-21/h1-7,12,17,20,27H,8-11,13-16,18H2/t20-/m1/s1. The van der Waals surface area contributed by atoms with Gasteiger partial charge in [0.15, 0.2) is 0 Å². The van der Waals surface area contributed by atoms with E-state index in [-0.39, 0.29) is 11.5 Å². The molecule has 5 rings (SSSR count). The number of ether oxygens (including phenoxy) is 2. The minimum atomic E-state index is -0.106. The monoisotopic (exact) mass is 419 g/mol. The van der Waals surface area contributed by atoms with E-state index in [0.29, 0.717) is 24.8 Å². The highest BCUT2D eigenvalue weighted by Crippen LogP contribution is 2.42. The fraction of sp³-hybridized carbons (Fsp3) is 0.440. The number of amides is 1. The van der Waals surface area contributed by atoms with Crippen molar-refractivity contribution in [2.24, 2.45) is 5.92 Å². The Morgan fingerprint density at radius 2 is 2.03 bits per heavy atom. The lowest BCUT2D eigenvalue weighted by Gasteiger charge is -2.42. The number of aromatic amines is 1. The lowest BCUT2D eigenvalue weighted by molar-refractivity contribution is -0.0676. The summed E-state index contributed by atoms with van der Waals surface area (Å²) in [5.41, 5.74) is 2.53. The van der Waals surface area contributed by atoms with Crippen LogP contribution in [-0.2, 0) is 16.1 Å². The van der Waals surface area contributed by atoms with Crippen LogP contribution in [0.4, 0.5) is 0 Å². The molecular weight excluding hydrogens is 390 g/mol. The van der Waals surface area contributed by atoms with Crippen LogP contribution in [0.1, 0.15) is 41.9 Å². The van der Waals surface area contributed by atoms with Gasteiger partial charge < -0.3 is 19.4 Å². The molecule has 2 aromatic heterocycles. The Labute approximate surface area is 182 Å². The van der Waals surface area contributed by atoms with Crippen molar-refractivity contribution in [3.8, 4) is 0 Å². The molecule has 0 unspecified atom stereocenters. The zero-order valence-corrected chi connectivity index (χ0v) is 17.8. The Bertz CT molecular complexity index is 992. The molecule has 2 saturated heterocycles. The van der Waals surface area contributed by atoms with Crippen LogP contribution in [0.2, 0.25) is 0 Å². The van der Waals surface area contributed by atoms with Gasteiger partial charge in [-0.2, -0.15) is 0 Å². The summed E-state index contributed by atoms with van der Waals surface area (Å²) in [5, 5.41) is 1.07. The van der Waals surface area contributed by atoms with Gasteiger partial charge in [-0.3, -0.25) is 9.78 Å². The zero-order chi connectivity index (χ0) is 21.1. The number of likely N-dealkylation sites (tertiary alicyclic amines) is 1. The maximum atomic E-state index is 13.0. The Kier molecular flexibility index (Phi) is 5.74. The van der Waals surface area contributed by atoms with E-state index >= 15 is 0 Å². The summed E-state index contributed by atoms with van der Waals surface area (Å²) in [6.45, 7) is 3.54. The normalized spacial score (nSPS) is 20.5. The van der Waals surface area contributed by atoms with Crippen molar-refractivity contribution in [1.82, 2.24) is 14.9 Å². The van der Waals surface area contributed by atoms with E-state index in [9.17, 15) is 4.79 Å². The Balaban J connectivity index is 1.15. The zero-order valence-electron chi connectivity index (χ0n) is 17.8. The van der Waals surface area contributed by atoms with Crippen molar-refractivity contribution in [1.29, 1.82) is 0 Å². The molecule has 0 bridgehead atoms. The summed E-state index contributed by atoms with van der Waals surface area (Å²) < 4.78 is 12.2. The molecule has 1 N–H and O–H groups in total. The predicted molar refractivity (Wildman–Crippen MR) is 119 cm³/mol.